The monoisotopic (exact) mass is 631 g/mol. The number of hydrogen-bond donors (Lipinski definition) is 6. The lowest BCUT2D eigenvalue weighted by molar-refractivity contribution is 0.0228. The maximum Gasteiger partial charge on any atom is 0.333 e. The number of anilines is 1. The van der Waals surface area contributed by atoms with E-state index in [2.05, 4.69) is 36.2 Å². The first kappa shape index (κ1) is 27.9. The average molecular weight is 633 g/mol. The lowest BCUT2D eigenvalue weighted by atomic mass is 10.1. The molecule has 1 aliphatic rings. The van der Waals surface area contributed by atoms with Crippen LogP contribution in [0.5, 0.6) is 0 Å². The van der Waals surface area contributed by atoms with Crippen LogP contribution in [0.2, 0.25) is 4.34 Å². The van der Waals surface area contributed by atoms with Crippen molar-refractivity contribution < 1.29 is 28.0 Å². The van der Waals surface area contributed by atoms with Gasteiger partial charge in [0.25, 0.3) is 0 Å². The van der Waals surface area contributed by atoms with Gasteiger partial charge >= 0.3 is 10.3 Å². The lowest BCUT2D eigenvalue weighted by Crippen LogP contribution is -2.36. The number of nitrogens with one attached hydrogen (secondary N) is 2. The second kappa shape index (κ2) is 11.3. The molecule has 0 amide bonds. The summed E-state index contributed by atoms with van der Waals surface area (Å²) < 4.78 is 33.5. The van der Waals surface area contributed by atoms with E-state index in [1.165, 1.54) is 12.5 Å². The third-order valence-electron chi connectivity index (χ3n) is 5.76. The van der Waals surface area contributed by atoms with Crippen LogP contribution in [-0.2, 0) is 10.3 Å². The van der Waals surface area contributed by atoms with E-state index >= 15 is 0 Å². The molecular formula is C21H21BrClN6O6S2. The molecule has 3 aromatic rings. The van der Waals surface area contributed by atoms with Crippen LogP contribution in [-0.4, -0.2) is 62.2 Å². The van der Waals surface area contributed by atoms with Crippen molar-refractivity contribution in [3.05, 3.63) is 74.0 Å². The van der Waals surface area contributed by atoms with Crippen LogP contribution in [0.1, 0.15) is 39.0 Å². The highest BCUT2D eigenvalue weighted by molar-refractivity contribution is 9.10. The van der Waals surface area contributed by atoms with Gasteiger partial charge in [0.05, 0.1) is 38.7 Å². The van der Waals surface area contributed by atoms with Gasteiger partial charge in [-0.1, -0.05) is 17.7 Å². The molecule has 37 heavy (non-hydrogen) atoms. The van der Waals surface area contributed by atoms with Crippen molar-refractivity contribution in [3.63, 3.8) is 0 Å². The van der Waals surface area contributed by atoms with Crippen LogP contribution in [0, 0.1) is 12.5 Å². The van der Waals surface area contributed by atoms with E-state index in [4.69, 9.17) is 21.9 Å². The zero-order chi connectivity index (χ0) is 26.9. The molecule has 16 heteroatoms. The normalized spacial score (nSPS) is 22.6. The summed E-state index contributed by atoms with van der Waals surface area (Å²) in [4.78, 5) is 26.1. The van der Waals surface area contributed by atoms with Gasteiger partial charge in [-0.25, -0.2) is 15.0 Å². The molecular weight excluding hydrogens is 612 g/mol. The molecule has 1 fully saturated rings. The van der Waals surface area contributed by atoms with E-state index < -0.39 is 46.3 Å². The summed E-state index contributed by atoms with van der Waals surface area (Å²) in [5.41, 5.74) is 7.51. The minimum atomic E-state index is -4.51. The fourth-order valence-electron chi connectivity index (χ4n) is 3.93. The summed E-state index contributed by atoms with van der Waals surface area (Å²) >= 11 is 10.8. The van der Waals surface area contributed by atoms with Crippen molar-refractivity contribution in [2.75, 3.05) is 5.32 Å². The molecule has 3 aromatic heterocycles. The molecule has 1 radical (unpaired) electrons. The first-order valence-corrected chi connectivity index (χ1v) is 14.1. The summed E-state index contributed by atoms with van der Waals surface area (Å²) in [5.74, 6) is -1.16. The zero-order valence-corrected chi connectivity index (χ0v) is 22.7. The van der Waals surface area contributed by atoms with Gasteiger partial charge in [-0.15, -0.1) is 11.3 Å². The smallest absolute Gasteiger partial charge is 0.333 e. The molecule has 3 heterocycles. The minimum absolute atomic E-state index is 0.0754. The molecule has 5 atom stereocenters. The second-order valence-corrected chi connectivity index (χ2v) is 11.9. The first-order chi connectivity index (χ1) is 17.4. The van der Waals surface area contributed by atoms with Crippen LogP contribution in [0.25, 0.3) is 0 Å². The number of nitrogens with two attached hydrogens (primary N) is 1. The van der Waals surface area contributed by atoms with Crippen LogP contribution in [0.4, 0.5) is 5.82 Å². The third kappa shape index (κ3) is 6.50. The van der Waals surface area contributed by atoms with E-state index in [-0.39, 0.29) is 22.7 Å². The summed E-state index contributed by atoms with van der Waals surface area (Å²) in [7, 11) is -4.51. The van der Waals surface area contributed by atoms with Gasteiger partial charge < -0.3 is 21.3 Å². The Hall–Kier alpha value is -2.08. The molecule has 197 valence electrons. The van der Waals surface area contributed by atoms with Gasteiger partial charge in [0.1, 0.15) is 22.9 Å². The van der Waals surface area contributed by atoms with Gasteiger partial charge in [-0.05, 0) is 40.5 Å². The molecule has 0 unspecified atom stereocenters. The molecule has 0 spiro atoms. The first-order valence-electron chi connectivity index (χ1n) is 10.7. The Morgan fingerprint density at radius 2 is 2.08 bits per heavy atom. The van der Waals surface area contributed by atoms with Crippen molar-refractivity contribution in [3.8, 4) is 0 Å². The van der Waals surface area contributed by atoms with Gasteiger partial charge in [0, 0.05) is 24.2 Å². The van der Waals surface area contributed by atoms with Crippen molar-refractivity contribution in [1.82, 2.24) is 19.7 Å². The van der Waals surface area contributed by atoms with Gasteiger partial charge in [-0.2, -0.15) is 13.1 Å². The molecule has 0 aliphatic heterocycles. The van der Waals surface area contributed by atoms with E-state index in [1.807, 2.05) is 0 Å². The quantitative estimate of drug-likeness (QED) is 0.114. The van der Waals surface area contributed by atoms with E-state index in [0.29, 0.717) is 20.2 Å². The number of thiophene rings is 1. The Morgan fingerprint density at radius 3 is 2.78 bits per heavy atom. The summed E-state index contributed by atoms with van der Waals surface area (Å²) in [6, 6.07) is 5.41. The molecule has 0 aromatic carbocycles. The van der Waals surface area contributed by atoms with Crippen molar-refractivity contribution >= 4 is 60.8 Å². The molecule has 0 saturated heterocycles. The van der Waals surface area contributed by atoms with Crippen molar-refractivity contribution in [2.24, 2.45) is 11.7 Å². The number of ketones is 1. The Morgan fingerprint density at radius 1 is 1.32 bits per heavy atom. The summed E-state index contributed by atoms with van der Waals surface area (Å²) in [5, 5.41) is 23.7. The molecule has 1 aliphatic carbocycles. The zero-order valence-electron chi connectivity index (χ0n) is 18.7. The Bertz CT molecular complexity index is 1410. The maximum absolute atomic E-state index is 13.4. The third-order valence-corrected chi connectivity index (χ3v) is 8.03. The summed E-state index contributed by atoms with van der Waals surface area (Å²) in [6.07, 6.45) is -0.0592. The average Bonchev–Trinajstić information content (AvgIpc) is 3.36. The van der Waals surface area contributed by atoms with Crippen LogP contribution in [0.3, 0.4) is 0 Å². The van der Waals surface area contributed by atoms with Crippen LogP contribution < -0.4 is 15.8 Å². The number of nitrogens with zero attached hydrogens (tertiary/aromatic N) is 3. The van der Waals surface area contributed by atoms with Crippen LogP contribution in [0.15, 0.2) is 41.4 Å². The summed E-state index contributed by atoms with van der Waals surface area (Å²) in [6.45, 7) is 0.982. The SMILES string of the molecule is N[C@H](c1cccc(Br)n1)c1cc(C(=O)c2cncnc2N[C@@H]2C[C@H]([CH]NS(=O)(=O)O)[C@@H](O)[C@H]2O)sc1Cl. The lowest BCUT2D eigenvalue weighted by Gasteiger charge is -2.19. The number of hydrogen-bond acceptors (Lipinski definition) is 11. The highest BCUT2D eigenvalue weighted by Gasteiger charge is 2.42. The number of aliphatic hydroxyl groups excluding tert-OH is 2. The number of rotatable bonds is 9. The van der Waals surface area contributed by atoms with Gasteiger partial charge in [0.2, 0.25) is 5.78 Å². The molecule has 12 nitrogen and oxygen atoms in total. The number of halogens is 2. The highest BCUT2D eigenvalue weighted by Crippen LogP contribution is 2.36. The fourth-order valence-corrected chi connectivity index (χ4v) is 5.94. The highest BCUT2D eigenvalue weighted by atomic mass is 79.9. The standard InChI is InChI=1S/C21H21BrClN6O6S2/c22-15-3-1-2-12(28-15)16(24)10-5-14(36-20(10)23)18(31)11-7-25-8-26-21(11)29-13-4-9(17(30)19(13)32)6-27-37(33,34)35/h1-3,5-9,13,16-17,19,27,30,32H,4,24H2,(H,25,26,29)(H,33,34,35)/t9-,13-,16+,17-,19+/m1/s1. The number of carbonyl (C=O) groups is 1. The molecule has 1 saturated carbocycles. The minimum Gasteiger partial charge on any atom is -0.390 e. The van der Waals surface area contributed by atoms with E-state index in [1.54, 1.807) is 29.0 Å². The number of pyridine rings is 1. The van der Waals surface area contributed by atoms with E-state index in [9.17, 15) is 23.4 Å². The van der Waals surface area contributed by atoms with Crippen LogP contribution >= 0.6 is 38.9 Å². The topological polar surface area (TPSA) is 201 Å². The second-order valence-electron chi connectivity index (χ2n) is 8.21. The fraction of sp³-hybridized carbons (Fsp3) is 0.286. The predicted octanol–water partition coefficient (Wildman–Crippen LogP) is 1.70. The predicted molar refractivity (Wildman–Crippen MR) is 139 cm³/mol. The Kier molecular flexibility index (Phi) is 8.57. The Labute approximate surface area is 229 Å². The number of aliphatic hydroxyl groups is 2. The molecule has 4 rings (SSSR count). The molecule has 7 N–H and O–H groups in total. The number of carbonyl (C=O) groups excluding carboxylic acids is 1. The van der Waals surface area contributed by atoms with Crippen molar-refractivity contribution in [2.45, 2.75) is 30.7 Å². The van der Waals surface area contributed by atoms with E-state index in [0.717, 1.165) is 17.9 Å². The molecule has 0 bridgehead atoms. The van der Waals surface area contributed by atoms with Crippen molar-refractivity contribution in [1.29, 1.82) is 0 Å². The largest absolute Gasteiger partial charge is 0.390 e. The Balaban J connectivity index is 1.54. The van der Waals surface area contributed by atoms with Gasteiger partial charge in [-0.3, -0.25) is 9.35 Å². The van der Waals surface area contributed by atoms with Gasteiger partial charge in [0.15, 0.2) is 0 Å². The maximum atomic E-state index is 13.4. The number of aromatic nitrogens is 3.